The Morgan fingerprint density at radius 3 is 1.23 bits per heavy atom. The quantitative estimate of drug-likeness (QED) is 0.0267. The number of benzene rings is 3. The highest BCUT2D eigenvalue weighted by molar-refractivity contribution is 5.77. The molecule has 0 saturated carbocycles. The summed E-state index contributed by atoms with van der Waals surface area (Å²) in [7, 11) is 0. The number of carbonyl (C=O) groups excluding carboxylic acids is 1. The molecule has 5 N–H and O–H groups in total. The van der Waals surface area contributed by atoms with E-state index >= 15 is 0 Å². The summed E-state index contributed by atoms with van der Waals surface area (Å²) in [6.45, 7) is 7.17. The van der Waals surface area contributed by atoms with Crippen LogP contribution in [0.5, 0.6) is 17.2 Å². The van der Waals surface area contributed by atoms with Crippen LogP contribution in [0.2, 0.25) is 0 Å². The molecular weight excluding hydrogens is 975 g/mol. The highest BCUT2D eigenvalue weighted by atomic mass is 16.7. The lowest BCUT2D eigenvalue weighted by Crippen LogP contribution is -2.50. The molecule has 0 aliphatic rings. The average molecular weight is 1080 g/mol. The van der Waals surface area contributed by atoms with Crippen molar-refractivity contribution in [1.82, 2.24) is 5.06 Å². The Labute approximate surface area is 465 Å². The van der Waals surface area contributed by atoms with E-state index in [4.69, 9.17) is 33.6 Å². The van der Waals surface area contributed by atoms with Gasteiger partial charge in [-0.25, -0.2) is 5.06 Å². The second kappa shape index (κ2) is 45.0. The number of nitrogens with zero attached hydrogens (tertiary/aromatic N) is 1. The van der Waals surface area contributed by atoms with Crippen molar-refractivity contribution in [2.24, 2.45) is 0 Å². The molecule has 0 heterocycles. The maximum absolute atomic E-state index is 12.1. The topological polar surface area (TPSA) is 177 Å². The molecule has 0 aliphatic heterocycles. The Balaban J connectivity index is 1.45. The molecule has 3 rings (SSSR count). The minimum atomic E-state index is -1.82. The highest BCUT2D eigenvalue weighted by Crippen LogP contribution is 2.36. The Morgan fingerprint density at radius 1 is 0.429 bits per heavy atom. The van der Waals surface area contributed by atoms with Crippen LogP contribution in [-0.2, 0) is 19.1 Å². The minimum Gasteiger partial charge on any atom is -0.494 e. The Hall–Kier alpha value is -3.79. The van der Waals surface area contributed by atoms with Gasteiger partial charge in [0.05, 0.1) is 59.4 Å². The van der Waals surface area contributed by atoms with Crippen LogP contribution in [0.15, 0.2) is 66.7 Å². The zero-order valence-corrected chi connectivity index (χ0v) is 48.1. The van der Waals surface area contributed by atoms with Crippen LogP contribution in [0.3, 0.4) is 0 Å². The molecule has 0 aliphatic carbocycles. The largest absolute Gasteiger partial charge is 0.494 e. The normalized spacial score (nSPS) is 13.1. The lowest BCUT2D eigenvalue weighted by molar-refractivity contribution is -0.204. The molecule has 13 heteroatoms. The summed E-state index contributed by atoms with van der Waals surface area (Å²) >= 11 is 0. The molecule has 3 aromatic carbocycles. The number of hydrogen-bond donors (Lipinski definition) is 5. The van der Waals surface area contributed by atoms with Crippen LogP contribution >= 0.6 is 0 Å². The molecule has 0 spiro atoms. The summed E-state index contributed by atoms with van der Waals surface area (Å²) in [6.07, 6.45) is 30.4. The molecule has 0 radical (unpaired) electrons. The van der Waals surface area contributed by atoms with E-state index in [1.165, 1.54) is 174 Å². The fourth-order valence-electron chi connectivity index (χ4n) is 9.36. The molecule has 0 aromatic heterocycles. The number of unbranched alkanes of at least 4 members (excludes halogenated alkanes) is 26. The van der Waals surface area contributed by atoms with Gasteiger partial charge in [0.1, 0.15) is 48.3 Å². The van der Waals surface area contributed by atoms with Crippen molar-refractivity contribution in [3.8, 4) is 39.5 Å². The Kier molecular flexibility index (Phi) is 39.4. The summed E-state index contributed by atoms with van der Waals surface area (Å²) in [6, 6.07) is 22.8. The van der Waals surface area contributed by atoms with E-state index in [-0.39, 0.29) is 26.4 Å². The zero-order chi connectivity index (χ0) is 55.4. The second-order valence-corrected chi connectivity index (χ2v) is 20.9. The average Bonchev–Trinajstić information content (AvgIpc) is 3.44. The van der Waals surface area contributed by atoms with Gasteiger partial charge in [-0.3, -0.25) is 9.63 Å². The van der Waals surface area contributed by atoms with Gasteiger partial charge >= 0.3 is 0 Å². The lowest BCUT2D eigenvalue weighted by atomic mass is 9.99. The van der Waals surface area contributed by atoms with Crippen molar-refractivity contribution in [3.63, 3.8) is 0 Å². The molecular formula is C64H105NO12. The van der Waals surface area contributed by atoms with Crippen molar-refractivity contribution >= 4 is 5.91 Å². The van der Waals surface area contributed by atoms with Gasteiger partial charge in [-0.15, -0.1) is 0 Å². The summed E-state index contributed by atoms with van der Waals surface area (Å²) in [5.41, 5.74) is 4.07. The fraction of sp³-hybridized carbons (Fsp3) is 0.703. The van der Waals surface area contributed by atoms with Gasteiger partial charge in [0.25, 0.3) is 0 Å². The fourth-order valence-corrected chi connectivity index (χ4v) is 9.36. The molecule has 1 amide bonds. The molecule has 13 nitrogen and oxygen atoms in total. The van der Waals surface area contributed by atoms with Crippen molar-refractivity contribution in [3.05, 3.63) is 66.7 Å². The van der Waals surface area contributed by atoms with Gasteiger partial charge < -0.3 is 49.2 Å². The van der Waals surface area contributed by atoms with E-state index in [2.05, 4.69) is 56.3 Å². The third-order valence-electron chi connectivity index (χ3n) is 14.2. The van der Waals surface area contributed by atoms with Crippen molar-refractivity contribution < 1.29 is 58.8 Å². The van der Waals surface area contributed by atoms with Gasteiger partial charge in [-0.1, -0.05) is 217 Å². The van der Waals surface area contributed by atoms with Gasteiger partial charge in [-0.05, 0) is 59.9 Å². The summed E-state index contributed by atoms with van der Waals surface area (Å²) < 4.78 is 30.2. The van der Waals surface area contributed by atoms with E-state index in [1.807, 2.05) is 24.3 Å². The molecule has 0 fully saturated rings. The number of carbonyl (C=O) groups is 1. The molecule has 77 heavy (non-hydrogen) atoms. The zero-order valence-electron chi connectivity index (χ0n) is 48.1. The summed E-state index contributed by atoms with van der Waals surface area (Å²) in [5, 5.41) is 49.7. The summed E-state index contributed by atoms with van der Waals surface area (Å²) in [5.74, 6) is 1.93. The predicted octanol–water partition coefficient (Wildman–Crippen LogP) is 13.4. The van der Waals surface area contributed by atoms with Crippen LogP contribution in [-0.4, -0.2) is 127 Å². The third kappa shape index (κ3) is 31.6. The van der Waals surface area contributed by atoms with Crippen molar-refractivity contribution in [1.29, 1.82) is 0 Å². The number of hydroxylamine groups is 2. The van der Waals surface area contributed by atoms with Gasteiger partial charge in [0, 0.05) is 12.5 Å². The number of ether oxygens (including phenoxy) is 5. The van der Waals surface area contributed by atoms with Gasteiger partial charge in [-0.2, -0.15) is 0 Å². The van der Waals surface area contributed by atoms with Crippen LogP contribution in [0, 0.1) is 0 Å². The number of aliphatic hydroxyl groups excluding tert-OH is 5. The van der Waals surface area contributed by atoms with E-state index < -0.39 is 43.5 Å². The SMILES string of the molecule is CCCCCCCCCCCCCCCCOc1ccc(-c2ccc(-c3ccc(OCCCCCCCCCCCCCCCC)cc3)c(OCCOCCOCCON(C[C@H](O)[C@@H](O)[C@H](O)[C@H](O)CO)C(C)=O)c2)cc1. The molecule has 438 valence electrons. The monoisotopic (exact) mass is 1080 g/mol. The van der Waals surface area contributed by atoms with Crippen molar-refractivity contribution in [2.45, 2.75) is 225 Å². The first-order valence-corrected chi connectivity index (χ1v) is 30.3. The van der Waals surface area contributed by atoms with Crippen LogP contribution < -0.4 is 14.2 Å². The van der Waals surface area contributed by atoms with Crippen molar-refractivity contribution in [2.75, 3.05) is 66.0 Å². The Morgan fingerprint density at radius 2 is 0.805 bits per heavy atom. The van der Waals surface area contributed by atoms with Crippen LogP contribution in [0.25, 0.3) is 22.3 Å². The molecule has 0 saturated heterocycles. The maximum Gasteiger partial charge on any atom is 0.243 e. The third-order valence-corrected chi connectivity index (χ3v) is 14.2. The van der Waals surface area contributed by atoms with E-state index in [1.54, 1.807) is 0 Å². The van der Waals surface area contributed by atoms with Crippen LogP contribution in [0.1, 0.15) is 201 Å². The maximum atomic E-state index is 12.1. The van der Waals surface area contributed by atoms with Crippen LogP contribution in [0.4, 0.5) is 0 Å². The minimum absolute atomic E-state index is 0.0334. The molecule has 3 aromatic rings. The Bertz CT molecular complexity index is 1850. The molecule has 0 bridgehead atoms. The second-order valence-electron chi connectivity index (χ2n) is 20.9. The van der Waals surface area contributed by atoms with E-state index in [0.29, 0.717) is 19.8 Å². The number of amides is 1. The first-order valence-electron chi connectivity index (χ1n) is 30.3. The van der Waals surface area contributed by atoms with E-state index in [0.717, 1.165) is 64.0 Å². The standard InChI is InChI=1S/C64H105NO12/c1-4-6-8-10-12-14-16-18-20-22-24-26-28-30-42-74-57-37-32-54(33-38-57)56-36-41-59(55-34-39-58(40-35-55)75-43-31-29-27-25-23-21-19-17-15-13-11-9-7-5-2)62(50-56)76-48-46-72-44-45-73-47-49-77-65(53(3)67)51-60(68)63(70)64(71)61(69)52-66/h32-41,50,60-61,63-64,66,68-71H,4-31,42-49,51-52H2,1-3H3/t60-,61+,63+,64+/m0/s1. The smallest absolute Gasteiger partial charge is 0.243 e. The first-order chi connectivity index (χ1) is 37.7. The number of rotatable bonds is 51. The number of aliphatic hydroxyl groups is 5. The number of hydrogen-bond acceptors (Lipinski definition) is 12. The molecule has 0 unspecified atom stereocenters. The molecule has 4 atom stereocenters. The predicted molar refractivity (Wildman–Crippen MR) is 311 cm³/mol. The van der Waals surface area contributed by atoms with Gasteiger partial charge in [0.15, 0.2) is 0 Å². The first kappa shape index (κ1) is 67.5. The van der Waals surface area contributed by atoms with E-state index in [9.17, 15) is 25.2 Å². The van der Waals surface area contributed by atoms with Gasteiger partial charge in [0.2, 0.25) is 5.91 Å². The summed E-state index contributed by atoms with van der Waals surface area (Å²) in [4.78, 5) is 17.5. The lowest BCUT2D eigenvalue weighted by Gasteiger charge is -2.29. The highest BCUT2D eigenvalue weighted by Gasteiger charge is 2.32.